The first-order chi connectivity index (χ1) is 9.78. The average molecular weight is 289 g/mol. The number of nitrogens with one attached hydrogen (secondary N) is 1. The quantitative estimate of drug-likeness (QED) is 0.756. The summed E-state index contributed by atoms with van der Waals surface area (Å²) in [6, 6.07) is 8.82. The smallest absolute Gasteiger partial charge is 0.0795 e. The summed E-state index contributed by atoms with van der Waals surface area (Å²) in [6.07, 6.45) is 1.18. The summed E-state index contributed by atoms with van der Waals surface area (Å²) in [7, 11) is 2.14. The molecular formula is C16H23N3S. The van der Waals surface area contributed by atoms with Gasteiger partial charge in [0.1, 0.15) is 0 Å². The number of hydrogen-bond donors (Lipinski definition) is 1. The van der Waals surface area contributed by atoms with Crippen LogP contribution in [0.15, 0.2) is 35.2 Å². The molecule has 1 heterocycles. The van der Waals surface area contributed by atoms with E-state index >= 15 is 0 Å². The predicted octanol–water partition coefficient (Wildman–Crippen LogP) is 3.27. The van der Waals surface area contributed by atoms with E-state index in [4.69, 9.17) is 0 Å². The van der Waals surface area contributed by atoms with Gasteiger partial charge in [0.2, 0.25) is 0 Å². The zero-order valence-corrected chi connectivity index (χ0v) is 13.1. The number of nitrogens with zero attached hydrogens (tertiary/aromatic N) is 2. The van der Waals surface area contributed by atoms with Gasteiger partial charge in [0, 0.05) is 25.0 Å². The summed E-state index contributed by atoms with van der Waals surface area (Å²) in [6.45, 7) is 6.09. The number of aromatic nitrogens is 1. The number of rotatable bonds is 8. The SMILES string of the molecule is CCCNCc1cccc(CN(C)Cc2cscn2)c1. The number of benzene rings is 1. The lowest BCUT2D eigenvalue weighted by Gasteiger charge is -2.16. The molecule has 1 N–H and O–H groups in total. The maximum absolute atomic E-state index is 4.33. The van der Waals surface area contributed by atoms with Crippen LogP contribution in [0.2, 0.25) is 0 Å². The Kier molecular flexibility index (Phi) is 6.18. The maximum Gasteiger partial charge on any atom is 0.0795 e. The Labute approximate surface area is 125 Å². The van der Waals surface area contributed by atoms with Gasteiger partial charge in [-0.2, -0.15) is 0 Å². The molecule has 3 nitrogen and oxygen atoms in total. The fraction of sp³-hybridized carbons (Fsp3) is 0.438. The molecule has 0 atom stereocenters. The lowest BCUT2D eigenvalue weighted by molar-refractivity contribution is 0.315. The van der Waals surface area contributed by atoms with Gasteiger partial charge in [-0.3, -0.25) is 4.90 Å². The fourth-order valence-corrected chi connectivity index (χ4v) is 2.76. The molecule has 0 aliphatic heterocycles. The molecule has 0 saturated heterocycles. The largest absolute Gasteiger partial charge is 0.313 e. The van der Waals surface area contributed by atoms with Crippen LogP contribution in [0.4, 0.5) is 0 Å². The van der Waals surface area contributed by atoms with Crippen molar-refractivity contribution < 1.29 is 0 Å². The molecule has 2 aromatic rings. The first-order valence-corrected chi connectivity index (χ1v) is 8.06. The van der Waals surface area contributed by atoms with Crippen LogP contribution in [0.5, 0.6) is 0 Å². The van der Waals surface area contributed by atoms with Crippen LogP contribution < -0.4 is 5.32 Å². The van der Waals surface area contributed by atoms with E-state index in [9.17, 15) is 0 Å². The summed E-state index contributed by atoms with van der Waals surface area (Å²) < 4.78 is 0. The van der Waals surface area contributed by atoms with Gasteiger partial charge in [-0.25, -0.2) is 4.98 Å². The molecule has 1 aromatic heterocycles. The Morgan fingerprint density at radius 2 is 2.10 bits per heavy atom. The van der Waals surface area contributed by atoms with Crippen LogP contribution in [-0.2, 0) is 19.6 Å². The Morgan fingerprint density at radius 1 is 1.25 bits per heavy atom. The molecule has 0 spiro atoms. The van der Waals surface area contributed by atoms with Gasteiger partial charge in [0.25, 0.3) is 0 Å². The fourth-order valence-electron chi connectivity index (χ4n) is 2.21. The van der Waals surface area contributed by atoms with Crippen molar-refractivity contribution >= 4 is 11.3 Å². The van der Waals surface area contributed by atoms with Crippen molar-refractivity contribution in [1.82, 2.24) is 15.2 Å². The van der Waals surface area contributed by atoms with Crippen LogP contribution in [0.3, 0.4) is 0 Å². The number of hydrogen-bond acceptors (Lipinski definition) is 4. The third kappa shape index (κ3) is 5.04. The molecule has 0 saturated carbocycles. The van der Waals surface area contributed by atoms with Crippen LogP contribution >= 0.6 is 11.3 Å². The monoisotopic (exact) mass is 289 g/mol. The van der Waals surface area contributed by atoms with E-state index in [1.165, 1.54) is 17.5 Å². The van der Waals surface area contributed by atoms with Crippen molar-refractivity contribution in [3.05, 3.63) is 52.0 Å². The zero-order chi connectivity index (χ0) is 14.2. The van der Waals surface area contributed by atoms with E-state index in [1.54, 1.807) is 11.3 Å². The highest BCUT2D eigenvalue weighted by molar-refractivity contribution is 7.07. The normalized spacial score (nSPS) is 11.2. The van der Waals surface area contributed by atoms with Gasteiger partial charge in [0.05, 0.1) is 11.2 Å². The highest BCUT2D eigenvalue weighted by Crippen LogP contribution is 2.10. The summed E-state index contributed by atoms with van der Waals surface area (Å²) in [5, 5.41) is 5.56. The first kappa shape index (κ1) is 15.2. The van der Waals surface area contributed by atoms with Gasteiger partial charge >= 0.3 is 0 Å². The second-order valence-electron chi connectivity index (χ2n) is 5.15. The van der Waals surface area contributed by atoms with Gasteiger partial charge < -0.3 is 5.32 Å². The molecule has 0 amide bonds. The molecule has 0 bridgehead atoms. The van der Waals surface area contributed by atoms with Crippen LogP contribution in [0, 0.1) is 0 Å². The van der Waals surface area contributed by atoms with E-state index in [-0.39, 0.29) is 0 Å². The van der Waals surface area contributed by atoms with Crippen molar-refractivity contribution in [2.75, 3.05) is 13.6 Å². The van der Waals surface area contributed by atoms with E-state index in [1.807, 2.05) is 5.51 Å². The molecule has 0 fully saturated rings. The van der Waals surface area contributed by atoms with Crippen LogP contribution in [0.25, 0.3) is 0 Å². The van der Waals surface area contributed by atoms with E-state index in [0.29, 0.717) is 0 Å². The lowest BCUT2D eigenvalue weighted by Crippen LogP contribution is -2.18. The standard InChI is InChI=1S/C16H23N3S/c1-3-7-17-9-14-5-4-6-15(8-14)10-19(2)11-16-12-20-13-18-16/h4-6,8,12-13,17H,3,7,9-11H2,1-2H3. The topological polar surface area (TPSA) is 28.2 Å². The van der Waals surface area contributed by atoms with Crippen molar-refractivity contribution in [3.8, 4) is 0 Å². The third-order valence-electron chi connectivity index (χ3n) is 3.12. The Balaban J connectivity index is 1.86. The predicted molar refractivity (Wildman–Crippen MR) is 85.7 cm³/mol. The number of thiazole rings is 1. The van der Waals surface area contributed by atoms with Crippen molar-refractivity contribution in [3.63, 3.8) is 0 Å². The van der Waals surface area contributed by atoms with Crippen molar-refractivity contribution in [2.24, 2.45) is 0 Å². The van der Waals surface area contributed by atoms with Crippen molar-refractivity contribution in [1.29, 1.82) is 0 Å². The molecule has 2 rings (SSSR count). The van der Waals surface area contributed by atoms with Gasteiger partial charge in [-0.05, 0) is 31.1 Å². The van der Waals surface area contributed by atoms with E-state index in [0.717, 1.165) is 31.9 Å². The Morgan fingerprint density at radius 3 is 2.85 bits per heavy atom. The highest BCUT2D eigenvalue weighted by atomic mass is 32.1. The Bertz CT molecular complexity index is 496. The minimum absolute atomic E-state index is 0.905. The van der Waals surface area contributed by atoms with Crippen LogP contribution in [0.1, 0.15) is 30.2 Å². The van der Waals surface area contributed by atoms with Gasteiger partial charge in [0.15, 0.2) is 0 Å². The van der Waals surface area contributed by atoms with E-state index in [2.05, 4.69) is 58.8 Å². The molecule has 0 aliphatic carbocycles. The van der Waals surface area contributed by atoms with Crippen LogP contribution in [-0.4, -0.2) is 23.5 Å². The summed E-state index contributed by atoms with van der Waals surface area (Å²) in [4.78, 5) is 6.63. The first-order valence-electron chi connectivity index (χ1n) is 7.12. The zero-order valence-electron chi connectivity index (χ0n) is 12.3. The second kappa shape index (κ2) is 8.15. The van der Waals surface area contributed by atoms with Gasteiger partial charge in [-0.1, -0.05) is 31.2 Å². The minimum atomic E-state index is 0.905. The maximum atomic E-state index is 4.33. The molecule has 0 unspecified atom stereocenters. The molecule has 1 aromatic carbocycles. The molecule has 108 valence electrons. The molecular weight excluding hydrogens is 266 g/mol. The molecule has 20 heavy (non-hydrogen) atoms. The third-order valence-corrected chi connectivity index (χ3v) is 3.75. The minimum Gasteiger partial charge on any atom is -0.313 e. The van der Waals surface area contributed by atoms with Crippen molar-refractivity contribution in [2.45, 2.75) is 33.0 Å². The molecule has 0 radical (unpaired) electrons. The lowest BCUT2D eigenvalue weighted by atomic mass is 10.1. The summed E-state index contributed by atoms with van der Waals surface area (Å²) >= 11 is 1.66. The van der Waals surface area contributed by atoms with E-state index < -0.39 is 0 Å². The summed E-state index contributed by atoms with van der Waals surface area (Å²) in [5.74, 6) is 0. The Hall–Kier alpha value is -1.23. The highest BCUT2D eigenvalue weighted by Gasteiger charge is 2.04. The van der Waals surface area contributed by atoms with Gasteiger partial charge in [-0.15, -0.1) is 11.3 Å². The molecule has 4 heteroatoms. The average Bonchev–Trinajstić information content (AvgIpc) is 2.92. The second-order valence-corrected chi connectivity index (χ2v) is 5.87. The summed E-state index contributed by atoms with van der Waals surface area (Å²) in [5.41, 5.74) is 5.76. The molecule has 0 aliphatic rings.